The van der Waals surface area contributed by atoms with Gasteiger partial charge in [0.1, 0.15) is 5.75 Å². The molecule has 100 valence electrons. The van der Waals surface area contributed by atoms with Gasteiger partial charge < -0.3 is 4.74 Å². The molecule has 0 aliphatic rings. The fraction of sp³-hybridized carbons (Fsp3) is 0.333. The first-order chi connectivity index (χ1) is 8.99. The Labute approximate surface area is 118 Å². The van der Waals surface area contributed by atoms with Crippen molar-refractivity contribution < 1.29 is 4.74 Å². The first-order valence-corrected chi connectivity index (χ1v) is 6.69. The van der Waals surface area contributed by atoms with Gasteiger partial charge >= 0.3 is 6.01 Å². The minimum absolute atomic E-state index is 0.351. The summed E-state index contributed by atoms with van der Waals surface area (Å²) in [6.45, 7) is 8.04. The van der Waals surface area contributed by atoms with Gasteiger partial charge in [-0.3, -0.25) is 0 Å². The lowest BCUT2D eigenvalue weighted by molar-refractivity contribution is 0.435. The van der Waals surface area contributed by atoms with Crippen molar-refractivity contribution in [2.45, 2.75) is 33.6 Å². The molecule has 0 aliphatic heterocycles. The van der Waals surface area contributed by atoms with Crippen molar-refractivity contribution in [3.63, 3.8) is 0 Å². The SMILES string of the molecule is Cc1cc(C)c(C)c(Oc2nc(C)cc(CCl)n2)c1. The number of alkyl halides is 1. The number of hydrogen-bond acceptors (Lipinski definition) is 3. The second kappa shape index (κ2) is 5.57. The average molecular weight is 277 g/mol. The van der Waals surface area contributed by atoms with E-state index < -0.39 is 0 Å². The van der Waals surface area contributed by atoms with Crippen LogP contribution in [0.1, 0.15) is 28.1 Å². The lowest BCUT2D eigenvalue weighted by Crippen LogP contribution is -1.99. The van der Waals surface area contributed by atoms with E-state index >= 15 is 0 Å². The molecule has 0 atom stereocenters. The molecule has 3 nitrogen and oxygen atoms in total. The lowest BCUT2D eigenvalue weighted by Gasteiger charge is -2.11. The zero-order valence-corrected chi connectivity index (χ0v) is 12.4. The smallest absolute Gasteiger partial charge is 0.322 e. The van der Waals surface area contributed by atoms with E-state index in [4.69, 9.17) is 16.3 Å². The molecular formula is C15H17ClN2O. The fourth-order valence-electron chi connectivity index (χ4n) is 1.92. The lowest BCUT2D eigenvalue weighted by atomic mass is 10.1. The maximum atomic E-state index is 5.81. The van der Waals surface area contributed by atoms with Crippen LogP contribution in [0.3, 0.4) is 0 Å². The van der Waals surface area contributed by atoms with E-state index in [-0.39, 0.29) is 0 Å². The molecule has 0 saturated carbocycles. The van der Waals surface area contributed by atoms with Gasteiger partial charge in [0.25, 0.3) is 0 Å². The van der Waals surface area contributed by atoms with E-state index in [1.165, 1.54) is 5.56 Å². The second-order valence-electron chi connectivity index (χ2n) is 4.72. The largest absolute Gasteiger partial charge is 0.424 e. The highest BCUT2D eigenvalue weighted by Crippen LogP contribution is 2.27. The van der Waals surface area contributed by atoms with Crippen LogP contribution in [0.2, 0.25) is 0 Å². The summed E-state index contributed by atoms with van der Waals surface area (Å²) in [6, 6.07) is 6.33. The number of aryl methyl sites for hydroxylation is 3. The third-order valence-corrected chi connectivity index (χ3v) is 3.26. The van der Waals surface area contributed by atoms with Crippen LogP contribution in [0.4, 0.5) is 0 Å². The standard InChI is InChI=1S/C15H17ClN2O/c1-9-5-10(2)12(4)14(6-9)19-15-17-11(3)7-13(8-16)18-15/h5-7H,8H2,1-4H3. The third kappa shape index (κ3) is 3.24. The summed E-state index contributed by atoms with van der Waals surface area (Å²) >= 11 is 5.81. The molecule has 19 heavy (non-hydrogen) atoms. The number of aromatic nitrogens is 2. The minimum atomic E-state index is 0.351. The topological polar surface area (TPSA) is 35.0 Å². The Hall–Kier alpha value is -1.61. The molecule has 2 rings (SSSR count). The van der Waals surface area contributed by atoms with Crippen LogP contribution in [0, 0.1) is 27.7 Å². The fourth-order valence-corrected chi connectivity index (χ4v) is 2.06. The Morgan fingerprint density at radius 3 is 2.47 bits per heavy atom. The molecule has 1 aromatic carbocycles. The van der Waals surface area contributed by atoms with E-state index in [9.17, 15) is 0 Å². The van der Waals surface area contributed by atoms with Crippen LogP contribution >= 0.6 is 11.6 Å². The van der Waals surface area contributed by atoms with Crippen molar-refractivity contribution in [1.29, 1.82) is 0 Å². The molecule has 0 fully saturated rings. The molecule has 0 aliphatic carbocycles. The van der Waals surface area contributed by atoms with Gasteiger partial charge in [0.15, 0.2) is 0 Å². The molecule has 0 saturated heterocycles. The Balaban J connectivity index is 2.38. The number of nitrogens with zero attached hydrogens (tertiary/aromatic N) is 2. The predicted molar refractivity (Wildman–Crippen MR) is 77.1 cm³/mol. The molecular weight excluding hydrogens is 260 g/mol. The monoisotopic (exact) mass is 276 g/mol. The molecule has 0 N–H and O–H groups in total. The van der Waals surface area contributed by atoms with E-state index in [1.807, 2.05) is 32.9 Å². The second-order valence-corrected chi connectivity index (χ2v) is 4.99. The molecule has 0 radical (unpaired) electrons. The van der Waals surface area contributed by atoms with E-state index in [2.05, 4.69) is 23.0 Å². The number of benzene rings is 1. The van der Waals surface area contributed by atoms with Crippen LogP contribution in [0.25, 0.3) is 0 Å². The Morgan fingerprint density at radius 2 is 1.79 bits per heavy atom. The Bertz CT molecular complexity index is 611. The zero-order chi connectivity index (χ0) is 14.0. The molecule has 2 aromatic rings. The van der Waals surface area contributed by atoms with E-state index in [0.717, 1.165) is 28.3 Å². The van der Waals surface area contributed by atoms with Crippen LogP contribution in [-0.2, 0) is 5.88 Å². The molecule has 1 heterocycles. The van der Waals surface area contributed by atoms with Gasteiger partial charge in [-0.15, -0.1) is 11.6 Å². The summed E-state index contributed by atoms with van der Waals surface area (Å²) in [7, 11) is 0. The summed E-state index contributed by atoms with van der Waals surface area (Å²) in [4.78, 5) is 8.57. The average Bonchev–Trinajstić information content (AvgIpc) is 2.34. The van der Waals surface area contributed by atoms with Crippen molar-refractivity contribution >= 4 is 11.6 Å². The minimum Gasteiger partial charge on any atom is -0.424 e. The molecule has 1 aromatic heterocycles. The van der Waals surface area contributed by atoms with Gasteiger partial charge in [-0.2, -0.15) is 4.98 Å². The molecule has 0 spiro atoms. The number of halogens is 1. The van der Waals surface area contributed by atoms with Gasteiger partial charge in [0.2, 0.25) is 0 Å². The van der Waals surface area contributed by atoms with Crippen LogP contribution < -0.4 is 4.74 Å². The highest BCUT2D eigenvalue weighted by Gasteiger charge is 2.08. The van der Waals surface area contributed by atoms with E-state index in [1.54, 1.807) is 0 Å². The normalized spacial score (nSPS) is 10.6. The highest BCUT2D eigenvalue weighted by atomic mass is 35.5. The Kier molecular flexibility index (Phi) is 4.05. The summed E-state index contributed by atoms with van der Waals surface area (Å²) in [5, 5.41) is 0. The van der Waals surface area contributed by atoms with Crippen LogP contribution in [0.15, 0.2) is 18.2 Å². The van der Waals surface area contributed by atoms with Crippen molar-refractivity contribution in [3.8, 4) is 11.8 Å². The first kappa shape index (κ1) is 13.8. The van der Waals surface area contributed by atoms with Crippen molar-refractivity contribution in [3.05, 3.63) is 46.3 Å². The van der Waals surface area contributed by atoms with Gasteiger partial charge in [-0.1, -0.05) is 6.07 Å². The van der Waals surface area contributed by atoms with Gasteiger partial charge in [0, 0.05) is 5.69 Å². The predicted octanol–water partition coefficient (Wildman–Crippen LogP) is 4.24. The summed E-state index contributed by atoms with van der Waals surface area (Å²) < 4.78 is 5.81. The summed E-state index contributed by atoms with van der Waals surface area (Å²) in [5.74, 6) is 1.15. The maximum Gasteiger partial charge on any atom is 0.322 e. The maximum absolute atomic E-state index is 5.81. The van der Waals surface area contributed by atoms with Crippen molar-refractivity contribution in [2.24, 2.45) is 0 Å². The molecule has 0 unspecified atom stereocenters. The highest BCUT2D eigenvalue weighted by molar-refractivity contribution is 6.16. The number of ether oxygens (including phenoxy) is 1. The quantitative estimate of drug-likeness (QED) is 0.787. The van der Waals surface area contributed by atoms with Crippen molar-refractivity contribution in [1.82, 2.24) is 9.97 Å². The van der Waals surface area contributed by atoms with Crippen LogP contribution in [-0.4, -0.2) is 9.97 Å². The van der Waals surface area contributed by atoms with Crippen molar-refractivity contribution in [2.75, 3.05) is 0 Å². The zero-order valence-electron chi connectivity index (χ0n) is 11.6. The summed E-state index contributed by atoms with van der Waals surface area (Å²) in [6.07, 6.45) is 0. The van der Waals surface area contributed by atoms with Gasteiger partial charge in [-0.25, -0.2) is 4.98 Å². The third-order valence-electron chi connectivity index (χ3n) is 2.99. The van der Waals surface area contributed by atoms with E-state index in [0.29, 0.717) is 11.9 Å². The molecule has 0 amide bonds. The molecule has 4 heteroatoms. The summed E-state index contributed by atoms with van der Waals surface area (Å²) in [5.41, 5.74) is 5.07. The van der Waals surface area contributed by atoms with Gasteiger partial charge in [-0.05, 0) is 56.5 Å². The number of rotatable bonds is 3. The molecule has 0 bridgehead atoms. The number of hydrogen-bond donors (Lipinski definition) is 0. The first-order valence-electron chi connectivity index (χ1n) is 6.16. The van der Waals surface area contributed by atoms with Crippen LogP contribution in [0.5, 0.6) is 11.8 Å². The van der Waals surface area contributed by atoms with Gasteiger partial charge in [0.05, 0.1) is 11.6 Å². The Morgan fingerprint density at radius 1 is 1.05 bits per heavy atom.